The summed E-state index contributed by atoms with van der Waals surface area (Å²) >= 11 is 0. The summed E-state index contributed by atoms with van der Waals surface area (Å²) in [5.41, 5.74) is -0.238. The third-order valence-electron chi connectivity index (χ3n) is 6.13. The number of alkyl halides is 3. The lowest BCUT2D eigenvalue weighted by atomic mass is 9.74. The number of hydrogen-bond acceptors (Lipinski definition) is 4. The monoisotopic (exact) mass is 389 g/mol. The molecule has 0 saturated heterocycles. The Hall–Kier alpha value is -2.61. The van der Waals surface area contributed by atoms with E-state index in [1.807, 2.05) is 10.9 Å². The number of halogens is 3. The lowest BCUT2D eigenvalue weighted by molar-refractivity contribution is -0.137. The number of aliphatic hydroxyl groups is 1. The van der Waals surface area contributed by atoms with Gasteiger partial charge in [-0.2, -0.15) is 18.3 Å². The van der Waals surface area contributed by atoms with E-state index < -0.39 is 23.1 Å². The van der Waals surface area contributed by atoms with Gasteiger partial charge in [0.1, 0.15) is 5.75 Å². The van der Waals surface area contributed by atoms with E-state index in [0.29, 0.717) is 24.2 Å². The maximum Gasteiger partial charge on any atom is 0.416 e. The molecule has 3 saturated carbocycles. The first-order valence-electron chi connectivity index (χ1n) is 9.09. The minimum absolute atomic E-state index is 0.165. The van der Waals surface area contributed by atoms with E-state index in [2.05, 4.69) is 10.1 Å². The quantitative estimate of drug-likeness (QED) is 0.691. The molecule has 2 bridgehead atoms. The smallest absolute Gasteiger partial charge is 0.416 e. The Kier molecular flexibility index (Phi) is 3.28. The summed E-state index contributed by atoms with van der Waals surface area (Å²) in [5, 5.41) is 25.8. The molecular formula is C20H18F3N3O2. The van der Waals surface area contributed by atoms with Crippen molar-refractivity contribution in [3.63, 3.8) is 0 Å². The molecule has 2 heterocycles. The summed E-state index contributed by atoms with van der Waals surface area (Å²) in [6.07, 6.45) is 0.363. The Morgan fingerprint density at radius 3 is 2.50 bits per heavy atom. The molecule has 2 N–H and O–H groups in total. The lowest BCUT2D eigenvalue weighted by Gasteiger charge is -2.43. The number of fused-ring (bicyclic) bond motifs is 2. The van der Waals surface area contributed by atoms with Crippen molar-refractivity contribution in [1.29, 1.82) is 0 Å². The molecule has 0 unspecified atom stereocenters. The number of nitrogens with zero attached hydrogens (tertiary/aromatic N) is 3. The molecule has 3 aliphatic carbocycles. The van der Waals surface area contributed by atoms with E-state index in [9.17, 15) is 23.4 Å². The van der Waals surface area contributed by atoms with Crippen LogP contribution in [0.5, 0.6) is 5.75 Å². The molecule has 3 aromatic rings. The minimum atomic E-state index is -4.53. The van der Waals surface area contributed by atoms with Crippen LogP contribution in [-0.2, 0) is 11.7 Å². The number of pyridine rings is 1. The molecule has 0 spiro atoms. The fourth-order valence-electron chi connectivity index (χ4n) is 4.82. The van der Waals surface area contributed by atoms with Crippen molar-refractivity contribution in [3.05, 3.63) is 41.6 Å². The second kappa shape index (κ2) is 5.26. The molecule has 8 heteroatoms. The van der Waals surface area contributed by atoms with Gasteiger partial charge in [-0.25, -0.2) is 4.98 Å². The standard InChI is InChI=1S/C20H18F3N3O2/c1-11-6-13(20(21,22)23)7-15(27)16(11)14-3-2-12-8-26(25-17(12)24-14)18-4-5-19(28,9-18)10-18/h2-3,6-8,27-28H,4-5,9-10H2,1H3. The summed E-state index contributed by atoms with van der Waals surface area (Å²) in [7, 11) is 0. The first-order chi connectivity index (χ1) is 13.1. The van der Waals surface area contributed by atoms with E-state index in [-0.39, 0.29) is 16.7 Å². The highest BCUT2D eigenvalue weighted by molar-refractivity contribution is 5.80. The van der Waals surface area contributed by atoms with E-state index in [1.165, 1.54) is 6.92 Å². The van der Waals surface area contributed by atoms with Crippen LogP contribution in [0.2, 0.25) is 0 Å². The normalized spacial score (nSPS) is 26.6. The van der Waals surface area contributed by atoms with Crippen LogP contribution in [0, 0.1) is 6.92 Å². The number of phenols is 1. The molecule has 28 heavy (non-hydrogen) atoms. The van der Waals surface area contributed by atoms with Crippen molar-refractivity contribution in [3.8, 4) is 17.0 Å². The van der Waals surface area contributed by atoms with Gasteiger partial charge in [0, 0.05) is 30.0 Å². The van der Waals surface area contributed by atoms with Crippen LogP contribution < -0.4 is 0 Å². The van der Waals surface area contributed by atoms with E-state index in [1.54, 1.807) is 12.1 Å². The van der Waals surface area contributed by atoms with Crippen molar-refractivity contribution in [1.82, 2.24) is 14.8 Å². The summed E-state index contributed by atoms with van der Waals surface area (Å²) in [6, 6.07) is 5.20. The number of rotatable bonds is 2. The third kappa shape index (κ3) is 2.44. The summed E-state index contributed by atoms with van der Waals surface area (Å²) in [6.45, 7) is 1.52. The number of aromatic nitrogens is 3. The van der Waals surface area contributed by atoms with Gasteiger partial charge in [-0.1, -0.05) is 0 Å². The van der Waals surface area contributed by atoms with Crippen LogP contribution in [0.4, 0.5) is 13.2 Å². The summed E-state index contributed by atoms with van der Waals surface area (Å²) < 4.78 is 40.7. The number of aromatic hydroxyl groups is 1. The summed E-state index contributed by atoms with van der Waals surface area (Å²) in [4.78, 5) is 4.48. The first-order valence-corrected chi connectivity index (χ1v) is 9.09. The fourth-order valence-corrected chi connectivity index (χ4v) is 4.82. The van der Waals surface area contributed by atoms with Gasteiger partial charge in [0.15, 0.2) is 5.65 Å². The maximum atomic E-state index is 13.0. The predicted molar refractivity (Wildman–Crippen MR) is 95.8 cm³/mol. The highest BCUT2D eigenvalue weighted by Crippen LogP contribution is 2.59. The van der Waals surface area contributed by atoms with Gasteiger partial charge in [-0.3, -0.25) is 4.68 Å². The number of benzene rings is 1. The Bertz CT molecular complexity index is 1090. The van der Waals surface area contributed by atoms with Crippen molar-refractivity contribution in [2.45, 2.75) is 49.9 Å². The van der Waals surface area contributed by atoms with Gasteiger partial charge in [-0.05, 0) is 49.6 Å². The van der Waals surface area contributed by atoms with Gasteiger partial charge in [0.05, 0.1) is 22.4 Å². The van der Waals surface area contributed by atoms with E-state index >= 15 is 0 Å². The highest BCUT2D eigenvalue weighted by Gasteiger charge is 2.61. The Balaban J connectivity index is 1.56. The molecule has 1 aromatic carbocycles. The molecule has 6 rings (SSSR count). The molecule has 5 nitrogen and oxygen atoms in total. The second-order valence-corrected chi connectivity index (χ2v) is 8.17. The van der Waals surface area contributed by atoms with Gasteiger partial charge in [0.2, 0.25) is 0 Å². The van der Waals surface area contributed by atoms with Crippen molar-refractivity contribution < 1.29 is 23.4 Å². The number of phenolic OH excluding ortho intramolecular Hbond substituents is 1. The first kappa shape index (κ1) is 17.5. The molecule has 3 aliphatic rings. The maximum absolute atomic E-state index is 13.0. The predicted octanol–water partition coefficient (Wildman–Crippen LogP) is 4.15. The van der Waals surface area contributed by atoms with Crippen LogP contribution in [0.3, 0.4) is 0 Å². The molecule has 0 atom stereocenters. The van der Waals surface area contributed by atoms with Crippen molar-refractivity contribution in [2.75, 3.05) is 0 Å². The van der Waals surface area contributed by atoms with Crippen molar-refractivity contribution >= 4 is 11.0 Å². The Labute approximate surface area is 158 Å². The third-order valence-corrected chi connectivity index (χ3v) is 6.13. The van der Waals surface area contributed by atoms with Crippen LogP contribution in [0.25, 0.3) is 22.3 Å². The van der Waals surface area contributed by atoms with Crippen LogP contribution in [0.1, 0.15) is 36.8 Å². The van der Waals surface area contributed by atoms with Crippen LogP contribution in [-0.4, -0.2) is 30.6 Å². The number of hydrogen-bond donors (Lipinski definition) is 2. The van der Waals surface area contributed by atoms with Crippen LogP contribution >= 0.6 is 0 Å². The van der Waals surface area contributed by atoms with Gasteiger partial charge in [0.25, 0.3) is 0 Å². The second-order valence-electron chi connectivity index (χ2n) is 8.17. The van der Waals surface area contributed by atoms with E-state index in [4.69, 9.17) is 0 Å². The SMILES string of the molecule is Cc1cc(C(F)(F)F)cc(O)c1-c1ccc2cn(C34CCC(O)(C3)C4)nc2n1. The van der Waals surface area contributed by atoms with Gasteiger partial charge in [-0.15, -0.1) is 0 Å². The molecule has 0 radical (unpaired) electrons. The zero-order valence-electron chi connectivity index (χ0n) is 15.1. The largest absolute Gasteiger partial charge is 0.507 e. The van der Waals surface area contributed by atoms with Gasteiger partial charge >= 0.3 is 6.18 Å². The Morgan fingerprint density at radius 2 is 1.89 bits per heavy atom. The Morgan fingerprint density at radius 1 is 1.14 bits per heavy atom. The van der Waals surface area contributed by atoms with E-state index in [0.717, 1.165) is 30.4 Å². The number of aryl methyl sites for hydroxylation is 1. The van der Waals surface area contributed by atoms with Gasteiger partial charge < -0.3 is 10.2 Å². The lowest BCUT2D eigenvalue weighted by Crippen LogP contribution is -2.49. The van der Waals surface area contributed by atoms with Crippen molar-refractivity contribution in [2.24, 2.45) is 0 Å². The average molecular weight is 389 g/mol. The molecule has 2 aromatic heterocycles. The zero-order chi connectivity index (χ0) is 19.9. The molecule has 0 aliphatic heterocycles. The highest BCUT2D eigenvalue weighted by atomic mass is 19.4. The minimum Gasteiger partial charge on any atom is -0.507 e. The molecule has 0 amide bonds. The van der Waals surface area contributed by atoms with Crippen LogP contribution in [0.15, 0.2) is 30.5 Å². The average Bonchev–Trinajstić information content (AvgIpc) is 3.23. The molecule has 3 fully saturated rings. The topological polar surface area (TPSA) is 71.2 Å². The fraction of sp³-hybridized carbons (Fsp3) is 0.400. The molecular weight excluding hydrogens is 371 g/mol. The summed E-state index contributed by atoms with van der Waals surface area (Å²) in [5.74, 6) is -0.461. The molecule has 146 valence electrons. The zero-order valence-corrected chi connectivity index (χ0v) is 15.1.